The van der Waals surface area contributed by atoms with Crippen LogP contribution in [0.25, 0.3) is 16.9 Å². The van der Waals surface area contributed by atoms with Gasteiger partial charge in [0.2, 0.25) is 0 Å². The summed E-state index contributed by atoms with van der Waals surface area (Å²) in [6.07, 6.45) is 7.75. The first kappa shape index (κ1) is 28.9. The lowest BCUT2D eigenvalue weighted by molar-refractivity contribution is 0.0993. The van der Waals surface area contributed by atoms with E-state index in [0.717, 1.165) is 89.9 Å². The van der Waals surface area contributed by atoms with Crippen molar-refractivity contribution in [3.05, 3.63) is 126 Å². The molecule has 0 saturated heterocycles. The fourth-order valence-electron chi connectivity index (χ4n) is 4.75. The number of aromatic nitrogens is 2. The third-order valence-electron chi connectivity index (χ3n) is 7.18. The predicted octanol–water partition coefficient (Wildman–Crippen LogP) is 9.28. The molecule has 1 heterocycles. The Morgan fingerprint density at radius 3 is 2.05 bits per heavy atom. The Morgan fingerprint density at radius 1 is 0.738 bits per heavy atom. The lowest BCUT2D eigenvalue weighted by atomic mass is 10.0. The number of rotatable bonds is 14. The van der Waals surface area contributed by atoms with Crippen LogP contribution in [0, 0.1) is 0 Å². The maximum Gasteiger partial charge on any atom is 0.167 e. The third kappa shape index (κ3) is 7.55. The second-order valence-electron chi connectivity index (χ2n) is 10.4. The van der Waals surface area contributed by atoms with Crippen molar-refractivity contribution in [1.29, 1.82) is 0 Å². The summed E-state index contributed by atoms with van der Waals surface area (Å²) in [7, 11) is 0. The van der Waals surface area contributed by atoms with Gasteiger partial charge in [0.15, 0.2) is 5.78 Å². The van der Waals surface area contributed by atoms with Crippen LogP contribution >= 0.6 is 0 Å². The van der Waals surface area contributed by atoms with Crippen molar-refractivity contribution in [2.75, 3.05) is 6.61 Å². The highest BCUT2D eigenvalue weighted by molar-refractivity contribution is 5.97. The van der Waals surface area contributed by atoms with Crippen LogP contribution in [0.2, 0.25) is 0 Å². The summed E-state index contributed by atoms with van der Waals surface area (Å²) in [6.45, 7) is 5.11. The highest BCUT2D eigenvalue weighted by Gasteiger charge is 2.12. The maximum absolute atomic E-state index is 12.5. The normalized spacial score (nSPS) is 10.9. The number of carbonyl (C=O) groups is 1. The van der Waals surface area contributed by atoms with Crippen LogP contribution in [0.1, 0.15) is 61.3 Å². The number of aryl methyl sites for hydroxylation is 1. The number of Topliss-reactive ketones (excluding diaryl/α,β-unsaturated/α-hetero) is 1. The third-order valence-corrected chi connectivity index (χ3v) is 7.18. The van der Waals surface area contributed by atoms with Gasteiger partial charge in [0.25, 0.3) is 0 Å². The summed E-state index contributed by atoms with van der Waals surface area (Å²) in [5.74, 6) is 3.53. The van der Waals surface area contributed by atoms with Gasteiger partial charge in [-0.15, -0.1) is 0 Å². The van der Waals surface area contributed by atoms with Gasteiger partial charge in [-0.25, -0.2) is 4.98 Å². The average Bonchev–Trinajstić information content (AvgIpc) is 3.46. The Hall–Kier alpha value is -4.64. The van der Waals surface area contributed by atoms with Crippen LogP contribution in [0.15, 0.2) is 109 Å². The average molecular weight is 559 g/mol. The zero-order chi connectivity index (χ0) is 29.1. The fourth-order valence-corrected chi connectivity index (χ4v) is 4.75. The molecule has 5 aromatic rings. The number of nitrogens with zero attached hydrogens (tertiary/aromatic N) is 2. The van der Waals surface area contributed by atoms with E-state index in [2.05, 4.69) is 48.9 Å². The first-order chi connectivity index (χ1) is 20.6. The van der Waals surface area contributed by atoms with E-state index in [4.69, 9.17) is 14.5 Å². The SMILES string of the molecule is CCCCOc1ccc(-c2cn(-c3ccc(Oc4ccc(CC(=O)c5ccccc5)cc4)cc3)c(CCCC)n2)cc1. The largest absolute Gasteiger partial charge is 0.494 e. The number of imidazole rings is 1. The fraction of sp³-hybridized carbons (Fsp3) is 0.243. The van der Waals surface area contributed by atoms with Gasteiger partial charge in [0.1, 0.15) is 23.1 Å². The molecular weight excluding hydrogens is 520 g/mol. The van der Waals surface area contributed by atoms with Gasteiger partial charge >= 0.3 is 0 Å². The molecule has 0 bridgehead atoms. The molecule has 42 heavy (non-hydrogen) atoms. The molecule has 0 aliphatic heterocycles. The molecule has 0 fully saturated rings. The summed E-state index contributed by atoms with van der Waals surface area (Å²) < 4.78 is 14.1. The molecule has 0 saturated carbocycles. The molecule has 0 radical (unpaired) electrons. The summed E-state index contributed by atoms with van der Waals surface area (Å²) in [5, 5.41) is 0. The van der Waals surface area contributed by atoms with Crippen LogP contribution in [0.3, 0.4) is 0 Å². The number of ether oxygens (including phenoxy) is 2. The minimum absolute atomic E-state index is 0.106. The monoisotopic (exact) mass is 558 g/mol. The van der Waals surface area contributed by atoms with E-state index in [0.29, 0.717) is 6.42 Å². The first-order valence-electron chi connectivity index (χ1n) is 14.9. The van der Waals surface area contributed by atoms with Crippen molar-refractivity contribution in [2.45, 2.75) is 52.4 Å². The molecule has 5 heteroatoms. The Bertz CT molecular complexity index is 1550. The van der Waals surface area contributed by atoms with Crippen LogP contribution in [0.5, 0.6) is 17.2 Å². The van der Waals surface area contributed by atoms with Crippen LogP contribution < -0.4 is 9.47 Å². The zero-order valence-corrected chi connectivity index (χ0v) is 24.5. The highest BCUT2D eigenvalue weighted by Crippen LogP contribution is 2.27. The molecule has 214 valence electrons. The molecule has 0 N–H and O–H groups in total. The molecule has 4 aromatic carbocycles. The van der Waals surface area contributed by atoms with Crippen LogP contribution in [0.4, 0.5) is 0 Å². The van der Waals surface area contributed by atoms with Gasteiger partial charge < -0.3 is 14.0 Å². The minimum Gasteiger partial charge on any atom is -0.494 e. The van der Waals surface area contributed by atoms with Gasteiger partial charge in [-0.3, -0.25) is 4.79 Å². The second kappa shape index (κ2) is 14.3. The van der Waals surface area contributed by atoms with Crippen molar-refractivity contribution in [3.8, 4) is 34.2 Å². The summed E-state index contributed by atoms with van der Waals surface area (Å²) in [5.41, 5.74) is 4.75. The Kier molecular flexibility index (Phi) is 9.84. The Labute approximate surface area is 248 Å². The lowest BCUT2D eigenvalue weighted by Gasteiger charge is -2.10. The highest BCUT2D eigenvalue weighted by atomic mass is 16.5. The van der Waals surface area contributed by atoms with E-state index in [-0.39, 0.29) is 5.78 Å². The van der Waals surface area contributed by atoms with Crippen LogP contribution in [-0.2, 0) is 12.8 Å². The van der Waals surface area contributed by atoms with Crippen molar-refractivity contribution in [3.63, 3.8) is 0 Å². The number of hydrogen-bond donors (Lipinski definition) is 0. The summed E-state index contributed by atoms with van der Waals surface area (Å²) >= 11 is 0. The van der Waals surface area contributed by atoms with Crippen molar-refractivity contribution in [1.82, 2.24) is 9.55 Å². The Morgan fingerprint density at radius 2 is 1.38 bits per heavy atom. The van der Waals surface area contributed by atoms with E-state index in [9.17, 15) is 4.79 Å². The Balaban J connectivity index is 1.26. The summed E-state index contributed by atoms with van der Waals surface area (Å²) in [4.78, 5) is 17.5. The zero-order valence-electron chi connectivity index (χ0n) is 24.5. The first-order valence-corrected chi connectivity index (χ1v) is 14.9. The molecule has 0 aliphatic carbocycles. The molecule has 5 rings (SSSR count). The molecule has 0 aliphatic rings. The molecule has 0 unspecified atom stereocenters. The van der Waals surface area contributed by atoms with Gasteiger partial charge in [-0.2, -0.15) is 0 Å². The molecule has 1 aromatic heterocycles. The smallest absolute Gasteiger partial charge is 0.167 e. The predicted molar refractivity (Wildman–Crippen MR) is 169 cm³/mol. The number of unbranched alkanes of at least 4 members (excludes halogenated alkanes) is 2. The maximum atomic E-state index is 12.5. The molecular formula is C37H38N2O3. The molecule has 0 amide bonds. The number of benzene rings is 4. The van der Waals surface area contributed by atoms with E-state index < -0.39 is 0 Å². The van der Waals surface area contributed by atoms with E-state index in [1.54, 1.807) is 0 Å². The van der Waals surface area contributed by atoms with Crippen LogP contribution in [-0.4, -0.2) is 21.9 Å². The van der Waals surface area contributed by atoms with Crippen molar-refractivity contribution in [2.24, 2.45) is 0 Å². The topological polar surface area (TPSA) is 53.4 Å². The molecule has 0 atom stereocenters. The van der Waals surface area contributed by atoms with E-state index >= 15 is 0 Å². The minimum atomic E-state index is 0.106. The second-order valence-corrected chi connectivity index (χ2v) is 10.4. The molecule has 0 spiro atoms. The van der Waals surface area contributed by atoms with Gasteiger partial charge in [-0.1, -0.05) is 69.2 Å². The standard InChI is InChI=1S/C37H38N2O3/c1-3-5-12-37-38-35(29-15-21-32(22-16-29)41-25-6-4-2)27-39(37)31-17-23-34(24-18-31)42-33-19-13-28(14-20-33)26-36(40)30-10-8-7-9-11-30/h7-11,13-24,27H,3-6,12,25-26H2,1-2H3. The van der Waals surface area contributed by atoms with E-state index in [1.165, 1.54) is 0 Å². The van der Waals surface area contributed by atoms with Crippen molar-refractivity contribution >= 4 is 5.78 Å². The number of hydrogen-bond acceptors (Lipinski definition) is 4. The lowest BCUT2D eigenvalue weighted by Crippen LogP contribution is -2.03. The van der Waals surface area contributed by atoms with Gasteiger partial charge in [-0.05, 0) is 79.1 Å². The van der Waals surface area contributed by atoms with Crippen molar-refractivity contribution < 1.29 is 14.3 Å². The number of ketones is 1. The quantitative estimate of drug-likeness (QED) is 0.101. The molecule has 5 nitrogen and oxygen atoms in total. The van der Waals surface area contributed by atoms with E-state index in [1.807, 2.05) is 78.9 Å². The van der Waals surface area contributed by atoms with Gasteiger partial charge in [0.05, 0.1) is 12.3 Å². The van der Waals surface area contributed by atoms with Gasteiger partial charge in [0, 0.05) is 35.9 Å². The number of carbonyl (C=O) groups excluding carboxylic acids is 1. The summed E-state index contributed by atoms with van der Waals surface area (Å²) in [6, 6.07) is 33.4.